The molecule has 1 amide bonds. The molecule has 0 aliphatic carbocycles. The fourth-order valence-corrected chi connectivity index (χ4v) is 2.91. The van der Waals surface area contributed by atoms with Crippen LogP contribution in [0.25, 0.3) is 22.0 Å². The summed E-state index contributed by atoms with van der Waals surface area (Å²) in [5, 5.41) is 12.2. The molecule has 0 radical (unpaired) electrons. The molecule has 6 heteroatoms. The fourth-order valence-electron chi connectivity index (χ4n) is 2.91. The van der Waals surface area contributed by atoms with E-state index >= 15 is 0 Å². The van der Waals surface area contributed by atoms with Crippen LogP contribution >= 0.6 is 0 Å². The summed E-state index contributed by atoms with van der Waals surface area (Å²) in [6.07, 6.45) is 0. The Bertz CT molecular complexity index is 1030. The van der Waals surface area contributed by atoms with Crippen LogP contribution in [-0.4, -0.2) is 20.9 Å². The van der Waals surface area contributed by atoms with Crippen molar-refractivity contribution in [2.24, 2.45) is 0 Å². The number of para-hydroxylation sites is 1. The standard InChI is InChI=1S/C19H18N4O2/c1-3-23-16-9-8-14(10-15(16)21-22-23)19(24)20-12(2)18-11-13-6-4-5-7-17(13)25-18/h4-12H,3H2,1-2H3,(H,20,24). The van der Waals surface area contributed by atoms with Gasteiger partial charge in [-0.25, -0.2) is 4.68 Å². The number of fused-ring (bicyclic) bond motifs is 2. The number of carbonyl (C=O) groups is 1. The Morgan fingerprint density at radius 2 is 2.08 bits per heavy atom. The summed E-state index contributed by atoms with van der Waals surface area (Å²) in [5.41, 5.74) is 3.00. The first-order valence-corrected chi connectivity index (χ1v) is 8.28. The van der Waals surface area contributed by atoms with E-state index in [1.165, 1.54) is 0 Å². The minimum absolute atomic E-state index is 0.166. The van der Waals surface area contributed by atoms with Gasteiger partial charge < -0.3 is 9.73 Å². The van der Waals surface area contributed by atoms with Gasteiger partial charge in [0, 0.05) is 17.5 Å². The number of hydrogen-bond donors (Lipinski definition) is 1. The highest BCUT2D eigenvalue weighted by Crippen LogP contribution is 2.24. The Labute approximate surface area is 144 Å². The lowest BCUT2D eigenvalue weighted by Crippen LogP contribution is -2.26. The summed E-state index contributed by atoms with van der Waals surface area (Å²) in [7, 11) is 0. The van der Waals surface area contributed by atoms with Gasteiger partial charge in [-0.3, -0.25) is 4.79 Å². The van der Waals surface area contributed by atoms with Gasteiger partial charge in [0.05, 0.1) is 11.6 Å². The van der Waals surface area contributed by atoms with E-state index in [9.17, 15) is 4.79 Å². The second-order valence-electron chi connectivity index (χ2n) is 5.99. The largest absolute Gasteiger partial charge is 0.459 e. The van der Waals surface area contributed by atoms with Crippen LogP contribution in [0.2, 0.25) is 0 Å². The maximum absolute atomic E-state index is 12.6. The zero-order chi connectivity index (χ0) is 17.4. The monoisotopic (exact) mass is 334 g/mol. The van der Waals surface area contributed by atoms with Crippen LogP contribution in [0, 0.1) is 0 Å². The van der Waals surface area contributed by atoms with Crippen LogP contribution < -0.4 is 5.32 Å². The number of nitrogens with one attached hydrogen (secondary N) is 1. The molecule has 2 aromatic carbocycles. The zero-order valence-corrected chi connectivity index (χ0v) is 14.1. The van der Waals surface area contributed by atoms with Crippen LogP contribution in [0.3, 0.4) is 0 Å². The lowest BCUT2D eigenvalue weighted by molar-refractivity contribution is 0.0936. The van der Waals surface area contributed by atoms with Crippen LogP contribution in [0.5, 0.6) is 0 Å². The molecule has 6 nitrogen and oxygen atoms in total. The highest BCUT2D eigenvalue weighted by molar-refractivity contribution is 5.97. The van der Waals surface area contributed by atoms with Crippen molar-refractivity contribution in [1.82, 2.24) is 20.3 Å². The van der Waals surface area contributed by atoms with E-state index < -0.39 is 0 Å². The Morgan fingerprint density at radius 1 is 1.24 bits per heavy atom. The average Bonchev–Trinajstić information content (AvgIpc) is 3.24. The van der Waals surface area contributed by atoms with E-state index in [0.29, 0.717) is 11.1 Å². The number of benzene rings is 2. The fraction of sp³-hybridized carbons (Fsp3) is 0.211. The first-order chi connectivity index (χ1) is 12.2. The summed E-state index contributed by atoms with van der Waals surface area (Å²) in [5.74, 6) is 0.563. The van der Waals surface area contributed by atoms with Crippen molar-refractivity contribution in [3.05, 3.63) is 59.9 Å². The van der Waals surface area contributed by atoms with Gasteiger partial charge in [-0.1, -0.05) is 23.4 Å². The number of amides is 1. The van der Waals surface area contributed by atoms with E-state index in [1.54, 1.807) is 16.8 Å². The molecular weight excluding hydrogens is 316 g/mol. The molecule has 2 heterocycles. The molecule has 4 aromatic rings. The van der Waals surface area contributed by atoms with Crippen molar-refractivity contribution >= 4 is 27.9 Å². The Balaban J connectivity index is 1.56. The third-order valence-corrected chi connectivity index (χ3v) is 4.29. The average molecular weight is 334 g/mol. The molecular formula is C19H18N4O2. The number of aryl methyl sites for hydroxylation is 1. The number of aromatic nitrogens is 3. The predicted octanol–water partition coefficient (Wildman–Crippen LogP) is 3.69. The predicted molar refractivity (Wildman–Crippen MR) is 95.3 cm³/mol. The zero-order valence-electron chi connectivity index (χ0n) is 14.1. The molecule has 126 valence electrons. The van der Waals surface area contributed by atoms with Crippen molar-refractivity contribution in [3.63, 3.8) is 0 Å². The summed E-state index contributed by atoms with van der Waals surface area (Å²) >= 11 is 0. The second kappa shape index (κ2) is 6.05. The molecule has 0 spiro atoms. The van der Waals surface area contributed by atoms with Crippen LogP contribution in [0.1, 0.15) is 36.0 Å². The highest BCUT2D eigenvalue weighted by atomic mass is 16.3. The van der Waals surface area contributed by atoms with E-state index in [1.807, 2.05) is 50.2 Å². The van der Waals surface area contributed by atoms with Crippen LogP contribution in [-0.2, 0) is 6.54 Å². The van der Waals surface area contributed by atoms with Crippen molar-refractivity contribution in [2.75, 3.05) is 0 Å². The minimum Gasteiger partial charge on any atom is -0.459 e. The molecule has 0 bridgehead atoms. The molecule has 25 heavy (non-hydrogen) atoms. The second-order valence-corrected chi connectivity index (χ2v) is 5.99. The third kappa shape index (κ3) is 2.76. The van der Waals surface area contributed by atoms with Gasteiger partial charge in [0.1, 0.15) is 16.9 Å². The maximum atomic E-state index is 12.6. The molecule has 0 saturated carbocycles. The van der Waals surface area contributed by atoms with E-state index in [0.717, 1.165) is 28.8 Å². The molecule has 0 saturated heterocycles. The quantitative estimate of drug-likeness (QED) is 0.618. The molecule has 2 aromatic heterocycles. The lowest BCUT2D eigenvalue weighted by atomic mass is 10.1. The van der Waals surface area contributed by atoms with E-state index in [4.69, 9.17) is 4.42 Å². The van der Waals surface area contributed by atoms with E-state index in [-0.39, 0.29) is 11.9 Å². The SMILES string of the molecule is CCn1nnc2cc(C(=O)NC(C)c3cc4ccccc4o3)ccc21. The van der Waals surface area contributed by atoms with E-state index in [2.05, 4.69) is 15.6 Å². The summed E-state index contributed by atoms with van der Waals surface area (Å²) in [6.45, 7) is 4.65. The molecule has 0 aliphatic rings. The molecule has 4 rings (SSSR count). The van der Waals surface area contributed by atoms with Crippen molar-refractivity contribution in [2.45, 2.75) is 26.4 Å². The molecule has 0 fully saturated rings. The first kappa shape index (κ1) is 15.4. The Hall–Kier alpha value is -3.15. The van der Waals surface area contributed by atoms with Gasteiger partial charge in [0.2, 0.25) is 0 Å². The van der Waals surface area contributed by atoms with Crippen LogP contribution in [0.4, 0.5) is 0 Å². The number of rotatable bonds is 4. The van der Waals surface area contributed by atoms with Gasteiger partial charge in [-0.05, 0) is 44.2 Å². The number of carbonyl (C=O) groups excluding carboxylic acids is 1. The van der Waals surface area contributed by atoms with Gasteiger partial charge in [-0.2, -0.15) is 0 Å². The number of furan rings is 1. The van der Waals surface area contributed by atoms with Crippen LogP contribution in [0.15, 0.2) is 52.9 Å². The molecule has 1 N–H and O–H groups in total. The van der Waals surface area contributed by atoms with Gasteiger partial charge in [-0.15, -0.1) is 5.10 Å². The number of hydrogen-bond acceptors (Lipinski definition) is 4. The highest BCUT2D eigenvalue weighted by Gasteiger charge is 2.16. The Morgan fingerprint density at radius 3 is 2.88 bits per heavy atom. The maximum Gasteiger partial charge on any atom is 0.251 e. The molecule has 0 aliphatic heterocycles. The normalized spacial score (nSPS) is 12.6. The van der Waals surface area contributed by atoms with Crippen molar-refractivity contribution in [1.29, 1.82) is 0 Å². The van der Waals surface area contributed by atoms with Gasteiger partial charge >= 0.3 is 0 Å². The Kier molecular flexibility index (Phi) is 3.72. The smallest absolute Gasteiger partial charge is 0.251 e. The van der Waals surface area contributed by atoms with Crippen molar-refractivity contribution < 1.29 is 9.21 Å². The third-order valence-electron chi connectivity index (χ3n) is 4.29. The molecule has 1 atom stereocenters. The molecule has 1 unspecified atom stereocenters. The summed E-state index contributed by atoms with van der Waals surface area (Å²) in [6, 6.07) is 14.9. The lowest BCUT2D eigenvalue weighted by Gasteiger charge is -2.11. The number of nitrogens with zero attached hydrogens (tertiary/aromatic N) is 3. The minimum atomic E-state index is -0.234. The summed E-state index contributed by atoms with van der Waals surface area (Å²) in [4.78, 5) is 12.6. The first-order valence-electron chi connectivity index (χ1n) is 8.28. The topological polar surface area (TPSA) is 73.0 Å². The van der Waals surface area contributed by atoms with Gasteiger partial charge in [0.25, 0.3) is 5.91 Å². The van der Waals surface area contributed by atoms with Crippen molar-refractivity contribution in [3.8, 4) is 0 Å². The summed E-state index contributed by atoms with van der Waals surface area (Å²) < 4.78 is 7.61. The van der Waals surface area contributed by atoms with Gasteiger partial charge in [0.15, 0.2) is 0 Å².